The predicted octanol–water partition coefficient (Wildman–Crippen LogP) is 2.49. The van der Waals surface area contributed by atoms with Gasteiger partial charge in [0.25, 0.3) is 0 Å². The normalized spacial score (nSPS) is 28.5. The predicted molar refractivity (Wildman–Crippen MR) is 80.5 cm³/mol. The van der Waals surface area contributed by atoms with Gasteiger partial charge in [0.2, 0.25) is 0 Å². The first-order chi connectivity index (χ1) is 10.9. The Hall–Kier alpha value is -1.85. The van der Waals surface area contributed by atoms with Crippen molar-refractivity contribution in [3.63, 3.8) is 0 Å². The molecule has 1 aliphatic heterocycles. The number of morpholine rings is 1. The van der Waals surface area contributed by atoms with Crippen molar-refractivity contribution in [2.75, 3.05) is 13.2 Å². The van der Waals surface area contributed by atoms with E-state index in [1.54, 1.807) is 18.7 Å². The number of rotatable bonds is 4. The molecular weight excluding hydrogens is 280 g/mol. The van der Waals surface area contributed by atoms with E-state index < -0.39 is 0 Å². The Labute approximate surface area is 129 Å². The van der Waals surface area contributed by atoms with E-state index in [0.717, 1.165) is 38.3 Å². The molecule has 2 fully saturated rings. The fraction of sp³-hybridized carbons (Fsp3) is 0.471. The van der Waals surface area contributed by atoms with Crippen molar-refractivity contribution in [2.45, 2.75) is 37.6 Å². The lowest BCUT2D eigenvalue weighted by Gasteiger charge is -2.38. The highest BCUT2D eigenvalue weighted by atomic mass is 16.5. The van der Waals surface area contributed by atoms with Crippen LogP contribution in [-0.2, 0) is 11.3 Å². The van der Waals surface area contributed by atoms with Gasteiger partial charge in [-0.15, -0.1) is 0 Å². The number of hydrogen-bond acceptors (Lipinski definition) is 5. The van der Waals surface area contributed by atoms with Crippen molar-refractivity contribution in [1.82, 2.24) is 9.88 Å². The van der Waals surface area contributed by atoms with Crippen LogP contribution in [-0.4, -0.2) is 41.3 Å². The Morgan fingerprint density at radius 1 is 1.32 bits per heavy atom. The molecule has 22 heavy (non-hydrogen) atoms. The molecule has 1 saturated carbocycles. The Morgan fingerprint density at radius 2 is 2.32 bits per heavy atom. The number of nitrogens with zero attached hydrogens (tertiary/aromatic N) is 2. The van der Waals surface area contributed by atoms with Crippen molar-refractivity contribution in [3.8, 4) is 5.75 Å². The van der Waals surface area contributed by atoms with Crippen LogP contribution in [0.4, 0.5) is 0 Å². The summed E-state index contributed by atoms with van der Waals surface area (Å²) in [7, 11) is 0. The summed E-state index contributed by atoms with van der Waals surface area (Å²) in [5.41, 5.74) is 1.22. The van der Waals surface area contributed by atoms with Crippen molar-refractivity contribution in [3.05, 3.63) is 48.7 Å². The van der Waals surface area contributed by atoms with Crippen molar-refractivity contribution < 1.29 is 13.9 Å². The van der Waals surface area contributed by atoms with Crippen LogP contribution in [0.2, 0.25) is 0 Å². The van der Waals surface area contributed by atoms with E-state index >= 15 is 0 Å². The van der Waals surface area contributed by atoms with Gasteiger partial charge in [0.15, 0.2) is 0 Å². The van der Waals surface area contributed by atoms with Crippen molar-refractivity contribution in [1.29, 1.82) is 0 Å². The number of fused-ring (bicyclic) bond motifs is 1. The summed E-state index contributed by atoms with van der Waals surface area (Å²) in [4.78, 5) is 6.60. The first-order valence-electron chi connectivity index (χ1n) is 7.83. The van der Waals surface area contributed by atoms with Gasteiger partial charge in [-0.1, -0.05) is 0 Å². The fourth-order valence-electron chi connectivity index (χ4n) is 3.52. The zero-order valence-electron chi connectivity index (χ0n) is 12.4. The third kappa shape index (κ3) is 2.74. The maximum Gasteiger partial charge on any atom is 0.138 e. The zero-order valence-corrected chi connectivity index (χ0v) is 12.4. The lowest BCUT2D eigenvalue weighted by molar-refractivity contribution is -0.0916. The summed E-state index contributed by atoms with van der Waals surface area (Å²) in [6.07, 6.45) is 9.45. The lowest BCUT2D eigenvalue weighted by atomic mass is 10.1. The highest BCUT2D eigenvalue weighted by Gasteiger charge is 2.44. The number of hydrogen-bond donors (Lipinski definition) is 0. The fourth-order valence-corrected chi connectivity index (χ4v) is 3.52. The van der Waals surface area contributed by atoms with E-state index in [0.29, 0.717) is 6.04 Å². The van der Waals surface area contributed by atoms with Crippen LogP contribution in [0.5, 0.6) is 5.75 Å². The van der Waals surface area contributed by atoms with Crippen LogP contribution in [0.15, 0.2) is 47.5 Å². The molecule has 5 heteroatoms. The highest BCUT2D eigenvalue weighted by molar-refractivity contribution is 5.17. The van der Waals surface area contributed by atoms with Gasteiger partial charge in [-0.25, -0.2) is 0 Å². The van der Waals surface area contributed by atoms with E-state index in [9.17, 15) is 0 Å². The van der Waals surface area contributed by atoms with Crippen molar-refractivity contribution in [2.24, 2.45) is 0 Å². The van der Waals surface area contributed by atoms with Gasteiger partial charge in [-0.3, -0.25) is 9.88 Å². The van der Waals surface area contributed by atoms with Crippen LogP contribution in [0, 0.1) is 0 Å². The van der Waals surface area contributed by atoms with Gasteiger partial charge >= 0.3 is 0 Å². The second-order valence-electron chi connectivity index (χ2n) is 5.93. The molecule has 0 N–H and O–H groups in total. The third-order valence-electron chi connectivity index (χ3n) is 4.54. The minimum absolute atomic E-state index is 0.112. The van der Waals surface area contributed by atoms with Gasteiger partial charge in [0, 0.05) is 30.9 Å². The van der Waals surface area contributed by atoms with E-state index in [4.69, 9.17) is 13.9 Å². The molecule has 0 amide bonds. The Balaban J connectivity index is 1.44. The second kappa shape index (κ2) is 6.10. The quantitative estimate of drug-likeness (QED) is 0.868. The van der Waals surface area contributed by atoms with Gasteiger partial charge in [0.05, 0.1) is 25.3 Å². The monoisotopic (exact) mass is 300 g/mol. The Kier molecular flexibility index (Phi) is 3.83. The van der Waals surface area contributed by atoms with Gasteiger partial charge in [0.1, 0.15) is 18.0 Å². The molecule has 2 aromatic rings. The van der Waals surface area contributed by atoms with Crippen LogP contribution in [0.1, 0.15) is 18.4 Å². The number of furan rings is 1. The van der Waals surface area contributed by atoms with E-state index in [1.165, 1.54) is 5.56 Å². The molecule has 0 unspecified atom stereocenters. The molecule has 2 aromatic heterocycles. The van der Waals surface area contributed by atoms with Gasteiger partial charge < -0.3 is 13.9 Å². The molecule has 5 nitrogen and oxygen atoms in total. The molecule has 0 aromatic carbocycles. The topological polar surface area (TPSA) is 47.7 Å². The molecule has 1 aliphatic carbocycles. The minimum Gasteiger partial charge on any atom is -0.486 e. The zero-order chi connectivity index (χ0) is 14.8. The molecule has 3 heterocycles. The molecular formula is C17H20N2O3. The largest absolute Gasteiger partial charge is 0.486 e. The average Bonchev–Trinajstić information content (AvgIpc) is 3.19. The highest BCUT2D eigenvalue weighted by Crippen LogP contribution is 2.33. The molecule has 116 valence electrons. The summed E-state index contributed by atoms with van der Waals surface area (Å²) in [6, 6.07) is 6.30. The lowest BCUT2D eigenvalue weighted by Crippen LogP contribution is -2.51. The van der Waals surface area contributed by atoms with E-state index in [2.05, 4.69) is 9.88 Å². The Morgan fingerprint density at radius 3 is 3.14 bits per heavy atom. The number of aromatic nitrogens is 1. The molecule has 3 atom stereocenters. The molecule has 2 aliphatic rings. The smallest absolute Gasteiger partial charge is 0.138 e. The molecule has 0 radical (unpaired) electrons. The molecule has 1 saturated heterocycles. The minimum atomic E-state index is 0.112. The van der Waals surface area contributed by atoms with Gasteiger partial charge in [-0.05, 0) is 31.0 Å². The van der Waals surface area contributed by atoms with Crippen LogP contribution in [0.25, 0.3) is 0 Å². The SMILES string of the molecule is c1cncc(O[C@@H]2CC[C@H]3[C@H]2OCCN3Cc2ccoc2)c1. The van der Waals surface area contributed by atoms with Crippen LogP contribution < -0.4 is 4.74 Å². The maximum absolute atomic E-state index is 6.10. The Bertz CT molecular complexity index is 587. The van der Waals surface area contributed by atoms with Gasteiger partial charge in [-0.2, -0.15) is 0 Å². The first-order valence-corrected chi connectivity index (χ1v) is 7.83. The molecule has 0 spiro atoms. The van der Waals surface area contributed by atoms with Crippen molar-refractivity contribution >= 4 is 0 Å². The molecule has 4 rings (SSSR count). The van der Waals surface area contributed by atoms with Crippen LogP contribution in [0.3, 0.4) is 0 Å². The maximum atomic E-state index is 6.10. The van der Waals surface area contributed by atoms with E-state index in [-0.39, 0.29) is 12.2 Å². The van der Waals surface area contributed by atoms with Crippen LogP contribution >= 0.6 is 0 Å². The number of pyridine rings is 1. The second-order valence-corrected chi connectivity index (χ2v) is 5.93. The summed E-state index contributed by atoms with van der Waals surface area (Å²) >= 11 is 0. The summed E-state index contributed by atoms with van der Waals surface area (Å²) in [6.45, 7) is 2.64. The molecule has 0 bridgehead atoms. The van der Waals surface area contributed by atoms with E-state index in [1.807, 2.05) is 24.5 Å². The average molecular weight is 300 g/mol. The first kappa shape index (κ1) is 13.8. The summed E-state index contributed by atoms with van der Waals surface area (Å²) in [5, 5.41) is 0. The summed E-state index contributed by atoms with van der Waals surface area (Å²) < 4.78 is 17.3. The summed E-state index contributed by atoms with van der Waals surface area (Å²) in [5.74, 6) is 0.823. The third-order valence-corrected chi connectivity index (χ3v) is 4.54. The standard InChI is InChI=1S/C17H20N2O3/c1-2-14(10-18-6-1)22-16-4-3-15-17(16)21-9-7-19(15)11-13-5-8-20-12-13/h1-2,5-6,8,10,12,15-17H,3-4,7,9,11H2/t15-,16+,17+/m0/s1. The number of ether oxygens (including phenoxy) is 2.